The number of alkyl halides is 2. The van der Waals surface area contributed by atoms with Crippen molar-refractivity contribution in [3.05, 3.63) is 137 Å². The van der Waals surface area contributed by atoms with E-state index in [0.29, 0.717) is 41.5 Å². The van der Waals surface area contributed by atoms with E-state index in [-0.39, 0.29) is 11.1 Å². The zero-order valence-electron chi connectivity index (χ0n) is 22.8. The molecule has 0 aliphatic rings. The predicted molar refractivity (Wildman–Crippen MR) is 147 cm³/mol. The van der Waals surface area contributed by atoms with E-state index in [1.807, 2.05) is 31.2 Å². The SMILES string of the molecule is CCCc1ccc(-c2ccc(-c3cc(F)c(C(F)(F)Oc4ccc(-c5cc(F)c(F)c(F)c5)c(F)c4)c(F)c3)c(F)c2)cc1. The number of benzene rings is 5. The normalized spacial score (nSPS) is 11.6. The minimum Gasteiger partial charge on any atom is -0.429 e. The number of hydrogen-bond donors (Lipinski definition) is 0. The van der Waals surface area contributed by atoms with Crippen LogP contribution in [-0.4, -0.2) is 0 Å². The summed E-state index contributed by atoms with van der Waals surface area (Å²) in [5.74, 6) is -11.5. The molecule has 0 spiro atoms. The summed E-state index contributed by atoms with van der Waals surface area (Å²) in [5.41, 5.74) is -0.997. The second kappa shape index (κ2) is 12.1. The van der Waals surface area contributed by atoms with Gasteiger partial charge in [0.15, 0.2) is 17.5 Å². The lowest BCUT2D eigenvalue weighted by molar-refractivity contribution is -0.189. The molecule has 0 radical (unpaired) electrons. The first-order valence-electron chi connectivity index (χ1n) is 13.3. The molecule has 0 saturated heterocycles. The standard InChI is InChI=1S/C34H21F9O/c1-2-3-18-4-6-19(7-5-18)20-8-10-24(26(35)12-20)21-13-28(37)32(29(38)14-21)34(42,43)44-23-9-11-25(27(36)17-23)22-15-30(39)33(41)31(40)16-22/h4-17H,2-3H2,1H3. The van der Waals surface area contributed by atoms with E-state index in [4.69, 9.17) is 0 Å². The van der Waals surface area contributed by atoms with Crippen LogP contribution in [0.1, 0.15) is 24.5 Å². The van der Waals surface area contributed by atoms with E-state index < -0.39 is 69.3 Å². The molecule has 0 saturated carbocycles. The number of ether oxygens (including phenoxy) is 1. The van der Waals surface area contributed by atoms with Gasteiger partial charge in [0, 0.05) is 17.2 Å². The molecule has 10 heteroatoms. The minimum atomic E-state index is -4.67. The summed E-state index contributed by atoms with van der Waals surface area (Å²) < 4.78 is 134. The summed E-state index contributed by atoms with van der Waals surface area (Å²) in [6, 6.07) is 15.5. The summed E-state index contributed by atoms with van der Waals surface area (Å²) in [4.78, 5) is 0. The van der Waals surface area contributed by atoms with Gasteiger partial charge in [-0.3, -0.25) is 0 Å². The van der Waals surface area contributed by atoms with Crippen molar-refractivity contribution in [2.24, 2.45) is 0 Å². The van der Waals surface area contributed by atoms with Crippen LogP contribution >= 0.6 is 0 Å². The molecule has 0 aliphatic heterocycles. The van der Waals surface area contributed by atoms with Crippen molar-refractivity contribution in [3.63, 3.8) is 0 Å². The smallest absolute Gasteiger partial charge is 0.429 e. The van der Waals surface area contributed by atoms with Gasteiger partial charge < -0.3 is 4.74 Å². The Labute approximate surface area is 246 Å². The summed E-state index contributed by atoms with van der Waals surface area (Å²) in [5, 5.41) is 0. The maximum Gasteiger partial charge on any atom is 0.432 e. The molecule has 0 atom stereocenters. The lowest BCUT2D eigenvalue weighted by Gasteiger charge is -2.20. The number of hydrogen-bond acceptors (Lipinski definition) is 1. The van der Waals surface area contributed by atoms with Crippen molar-refractivity contribution in [3.8, 4) is 39.1 Å². The molecule has 0 amide bonds. The molecule has 5 rings (SSSR count). The zero-order valence-corrected chi connectivity index (χ0v) is 22.8. The van der Waals surface area contributed by atoms with Gasteiger partial charge in [-0.2, -0.15) is 8.78 Å². The Kier molecular flexibility index (Phi) is 8.45. The van der Waals surface area contributed by atoms with E-state index in [0.717, 1.165) is 30.5 Å². The molecule has 0 unspecified atom stereocenters. The van der Waals surface area contributed by atoms with Gasteiger partial charge >= 0.3 is 6.11 Å². The van der Waals surface area contributed by atoms with Gasteiger partial charge in [0.05, 0.1) is 0 Å². The van der Waals surface area contributed by atoms with Crippen molar-refractivity contribution < 1.29 is 44.3 Å². The molecule has 0 N–H and O–H groups in total. The van der Waals surface area contributed by atoms with E-state index in [1.54, 1.807) is 0 Å². The van der Waals surface area contributed by atoms with Gasteiger partial charge in [-0.15, -0.1) is 0 Å². The quantitative estimate of drug-likeness (QED) is 0.125. The molecule has 0 fully saturated rings. The fraction of sp³-hybridized carbons (Fsp3) is 0.118. The molecule has 226 valence electrons. The van der Waals surface area contributed by atoms with Crippen LogP contribution in [0.2, 0.25) is 0 Å². The topological polar surface area (TPSA) is 9.23 Å². The van der Waals surface area contributed by atoms with Crippen molar-refractivity contribution >= 4 is 0 Å². The van der Waals surface area contributed by atoms with Crippen molar-refractivity contribution in [2.45, 2.75) is 25.9 Å². The molecular weight excluding hydrogens is 595 g/mol. The zero-order chi connectivity index (χ0) is 31.8. The predicted octanol–water partition coefficient (Wildman–Crippen LogP) is 10.7. The van der Waals surface area contributed by atoms with E-state index >= 15 is 4.39 Å². The molecule has 0 bridgehead atoms. The molecule has 5 aromatic carbocycles. The van der Waals surface area contributed by atoms with Gasteiger partial charge in [-0.05, 0) is 76.7 Å². The Bertz CT molecular complexity index is 1800. The highest BCUT2D eigenvalue weighted by atomic mass is 19.3. The summed E-state index contributed by atoms with van der Waals surface area (Å²) in [6.45, 7) is 2.04. The maximum absolute atomic E-state index is 15.1. The molecule has 44 heavy (non-hydrogen) atoms. The fourth-order valence-electron chi connectivity index (χ4n) is 4.79. The van der Waals surface area contributed by atoms with Crippen LogP contribution < -0.4 is 4.74 Å². The van der Waals surface area contributed by atoms with Crippen molar-refractivity contribution in [2.75, 3.05) is 0 Å². The Morgan fingerprint density at radius 3 is 1.52 bits per heavy atom. The van der Waals surface area contributed by atoms with Gasteiger partial charge in [0.25, 0.3) is 0 Å². The monoisotopic (exact) mass is 616 g/mol. The fourth-order valence-corrected chi connectivity index (χ4v) is 4.79. The Morgan fingerprint density at radius 1 is 0.523 bits per heavy atom. The van der Waals surface area contributed by atoms with Gasteiger partial charge in [-0.25, -0.2) is 30.7 Å². The summed E-state index contributed by atoms with van der Waals surface area (Å²) in [6.07, 6.45) is -2.82. The van der Waals surface area contributed by atoms with E-state index in [2.05, 4.69) is 4.74 Å². The highest BCUT2D eigenvalue weighted by molar-refractivity contribution is 5.71. The molecule has 1 nitrogen and oxygen atoms in total. The van der Waals surface area contributed by atoms with Crippen LogP contribution in [0.4, 0.5) is 39.5 Å². The van der Waals surface area contributed by atoms with Gasteiger partial charge in [-0.1, -0.05) is 49.7 Å². The second-order valence-electron chi connectivity index (χ2n) is 9.97. The number of rotatable bonds is 8. The molecule has 5 aromatic rings. The molecule has 0 aliphatic carbocycles. The summed E-state index contributed by atoms with van der Waals surface area (Å²) >= 11 is 0. The third-order valence-electron chi connectivity index (χ3n) is 6.92. The van der Waals surface area contributed by atoms with Crippen molar-refractivity contribution in [1.82, 2.24) is 0 Å². The first-order chi connectivity index (χ1) is 20.9. The average molecular weight is 617 g/mol. The van der Waals surface area contributed by atoms with Crippen LogP contribution in [0.3, 0.4) is 0 Å². The molecular formula is C34H21F9O. The van der Waals surface area contributed by atoms with E-state index in [9.17, 15) is 35.1 Å². The molecule has 0 aromatic heterocycles. The highest BCUT2D eigenvalue weighted by Crippen LogP contribution is 2.39. The van der Waals surface area contributed by atoms with Crippen LogP contribution in [0.15, 0.2) is 84.9 Å². The summed E-state index contributed by atoms with van der Waals surface area (Å²) in [7, 11) is 0. The van der Waals surface area contributed by atoms with E-state index in [1.165, 1.54) is 18.2 Å². The van der Waals surface area contributed by atoms with Crippen molar-refractivity contribution in [1.29, 1.82) is 0 Å². The average Bonchev–Trinajstić information content (AvgIpc) is 2.95. The van der Waals surface area contributed by atoms with Crippen LogP contribution in [0.5, 0.6) is 5.75 Å². The third kappa shape index (κ3) is 6.15. The third-order valence-corrected chi connectivity index (χ3v) is 6.92. The maximum atomic E-state index is 15.1. The largest absolute Gasteiger partial charge is 0.432 e. The lowest BCUT2D eigenvalue weighted by atomic mass is 9.97. The van der Waals surface area contributed by atoms with Crippen LogP contribution in [0.25, 0.3) is 33.4 Å². The molecule has 0 heterocycles. The first-order valence-corrected chi connectivity index (χ1v) is 13.3. The van der Waals surface area contributed by atoms with Gasteiger partial charge in [0.1, 0.15) is 34.6 Å². The Balaban J connectivity index is 1.39. The van der Waals surface area contributed by atoms with Crippen LogP contribution in [0, 0.1) is 40.7 Å². The van der Waals surface area contributed by atoms with Gasteiger partial charge in [0.2, 0.25) is 0 Å². The second-order valence-corrected chi connectivity index (χ2v) is 9.97. The Hall–Kier alpha value is -4.73. The number of halogens is 9. The lowest BCUT2D eigenvalue weighted by Crippen LogP contribution is -2.25. The first kappa shape index (κ1) is 30.7. The highest BCUT2D eigenvalue weighted by Gasteiger charge is 2.41. The minimum absolute atomic E-state index is 0.240. The van der Waals surface area contributed by atoms with Crippen LogP contribution in [-0.2, 0) is 12.5 Å². The Morgan fingerprint density at radius 2 is 1.00 bits per heavy atom. The number of aryl methyl sites for hydroxylation is 1.